The van der Waals surface area contributed by atoms with Gasteiger partial charge in [0.2, 0.25) is 0 Å². The second-order valence-corrected chi connectivity index (χ2v) is 7.78. The number of nitrogens with one attached hydrogen (secondary N) is 1. The first-order chi connectivity index (χ1) is 13.6. The largest absolute Gasteiger partial charge is 0.489 e. The molecular weight excluding hydrogens is 396 g/mol. The Bertz CT molecular complexity index is 1000. The maximum atomic E-state index is 11.9. The van der Waals surface area contributed by atoms with Crippen LogP contribution in [-0.4, -0.2) is 35.1 Å². The van der Waals surface area contributed by atoms with Gasteiger partial charge in [-0.15, -0.1) is 11.3 Å². The normalized spacial score (nSPS) is 14.8. The smallest absolute Gasteiger partial charge is 0.268 e. The number of thiazole rings is 1. The molecule has 0 spiro atoms. The molecule has 1 aromatic carbocycles. The minimum atomic E-state index is -0.599. The van der Waals surface area contributed by atoms with E-state index in [2.05, 4.69) is 15.3 Å². The summed E-state index contributed by atoms with van der Waals surface area (Å²) in [5.41, 5.74) is 7.86. The number of hydrogen-bond acceptors (Lipinski definition) is 6. The van der Waals surface area contributed by atoms with Crippen LogP contribution in [0.25, 0.3) is 21.8 Å². The molecule has 1 saturated heterocycles. The van der Waals surface area contributed by atoms with Gasteiger partial charge >= 0.3 is 0 Å². The standard InChI is InChI=1S/C20H19ClN4O2S/c21-16-4-2-1-3-14(16)17-11-28-20(25-17)15-9-13(10-24-18(15)19(22)26)27-12-5-7-23-8-6-12/h1-4,9-12,23H,5-8H2,(H2,22,26). The summed E-state index contributed by atoms with van der Waals surface area (Å²) in [7, 11) is 0. The maximum absolute atomic E-state index is 11.9. The van der Waals surface area contributed by atoms with Crippen LogP contribution >= 0.6 is 22.9 Å². The summed E-state index contributed by atoms with van der Waals surface area (Å²) in [5.74, 6) is 0.0132. The van der Waals surface area contributed by atoms with E-state index in [0.717, 1.165) is 37.2 Å². The van der Waals surface area contributed by atoms with Crippen LogP contribution < -0.4 is 15.8 Å². The van der Waals surface area contributed by atoms with E-state index in [1.54, 1.807) is 12.3 Å². The fourth-order valence-corrected chi connectivity index (χ4v) is 4.23. The van der Waals surface area contributed by atoms with Gasteiger partial charge in [0.25, 0.3) is 5.91 Å². The monoisotopic (exact) mass is 414 g/mol. The molecule has 144 valence electrons. The van der Waals surface area contributed by atoms with E-state index < -0.39 is 5.91 Å². The van der Waals surface area contributed by atoms with Crippen LogP contribution in [0.15, 0.2) is 41.9 Å². The third-order valence-electron chi connectivity index (χ3n) is 4.57. The zero-order valence-electron chi connectivity index (χ0n) is 15.0. The van der Waals surface area contributed by atoms with Gasteiger partial charge in [-0.2, -0.15) is 0 Å². The molecule has 3 heterocycles. The molecule has 0 atom stereocenters. The number of primary amides is 1. The van der Waals surface area contributed by atoms with E-state index in [0.29, 0.717) is 21.3 Å². The summed E-state index contributed by atoms with van der Waals surface area (Å²) in [5, 5.41) is 6.48. The number of aromatic nitrogens is 2. The second-order valence-electron chi connectivity index (χ2n) is 6.52. The Morgan fingerprint density at radius 1 is 1.25 bits per heavy atom. The topological polar surface area (TPSA) is 90.1 Å². The van der Waals surface area contributed by atoms with E-state index in [9.17, 15) is 4.79 Å². The van der Waals surface area contributed by atoms with Crippen LogP contribution in [0.4, 0.5) is 0 Å². The number of piperidine rings is 1. The SMILES string of the molecule is NC(=O)c1ncc(OC2CCNCC2)cc1-c1nc(-c2ccccc2Cl)cs1. The molecule has 1 amide bonds. The zero-order chi connectivity index (χ0) is 19.5. The summed E-state index contributed by atoms with van der Waals surface area (Å²) < 4.78 is 6.06. The number of nitrogens with two attached hydrogens (primary N) is 1. The molecule has 3 N–H and O–H groups in total. The number of hydrogen-bond donors (Lipinski definition) is 2. The Morgan fingerprint density at radius 2 is 2.04 bits per heavy atom. The summed E-state index contributed by atoms with van der Waals surface area (Å²) in [6.07, 6.45) is 3.54. The Hall–Kier alpha value is -2.48. The lowest BCUT2D eigenvalue weighted by Gasteiger charge is -2.23. The van der Waals surface area contributed by atoms with Crippen molar-refractivity contribution >= 4 is 28.8 Å². The van der Waals surface area contributed by atoms with Crippen molar-refractivity contribution in [1.29, 1.82) is 0 Å². The van der Waals surface area contributed by atoms with Crippen molar-refractivity contribution in [2.45, 2.75) is 18.9 Å². The Kier molecular flexibility index (Phi) is 5.57. The highest BCUT2D eigenvalue weighted by molar-refractivity contribution is 7.13. The molecule has 0 aliphatic carbocycles. The minimum Gasteiger partial charge on any atom is -0.489 e. The first kappa shape index (κ1) is 18.9. The van der Waals surface area contributed by atoms with E-state index in [1.165, 1.54) is 11.3 Å². The van der Waals surface area contributed by atoms with Crippen LogP contribution in [0.2, 0.25) is 5.02 Å². The predicted octanol–water partition coefficient (Wildman–Crippen LogP) is 3.76. The molecular formula is C20H19ClN4O2S. The molecule has 4 rings (SSSR count). The maximum Gasteiger partial charge on any atom is 0.268 e. The van der Waals surface area contributed by atoms with Gasteiger partial charge in [-0.25, -0.2) is 9.97 Å². The van der Waals surface area contributed by atoms with Gasteiger partial charge in [-0.3, -0.25) is 4.79 Å². The number of ether oxygens (including phenoxy) is 1. The minimum absolute atomic E-state index is 0.130. The molecule has 28 heavy (non-hydrogen) atoms. The van der Waals surface area contributed by atoms with Crippen molar-refractivity contribution in [2.75, 3.05) is 13.1 Å². The highest BCUT2D eigenvalue weighted by atomic mass is 35.5. The van der Waals surface area contributed by atoms with Crippen LogP contribution in [0.5, 0.6) is 5.75 Å². The summed E-state index contributed by atoms with van der Waals surface area (Å²) in [6, 6.07) is 9.30. The fourth-order valence-electron chi connectivity index (χ4n) is 3.17. The van der Waals surface area contributed by atoms with Gasteiger partial charge in [0.05, 0.1) is 11.9 Å². The van der Waals surface area contributed by atoms with Crippen LogP contribution in [0.1, 0.15) is 23.3 Å². The molecule has 0 radical (unpaired) electrons. The first-order valence-electron chi connectivity index (χ1n) is 9.00. The third kappa shape index (κ3) is 4.01. The lowest BCUT2D eigenvalue weighted by atomic mass is 10.1. The second kappa shape index (κ2) is 8.26. The van der Waals surface area contributed by atoms with Gasteiger partial charge in [-0.1, -0.05) is 29.8 Å². The van der Waals surface area contributed by atoms with Gasteiger partial charge in [-0.05, 0) is 38.1 Å². The quantitative estimate of drug-likeness (QED) is 0.663. The zero-order valence-corrected chi connectivity index (χ0v) is 16.6. The molecule has 3 aromatic rings. The van der Waals surface area contributed by atoms with E-state index in [4.69, 9.17) is 22.1 Å². The molecule has 1 fully saturated rings. The van der Waals surface area contributed by atoms with E-state index in [-0.39, 0.29) is 11.8 Å². The van der Waals surface area contributed by atoms with Crippen molar-refractivity contribution in [3.8, 4) is 27.6 Å². The Balaban J connectivity index is 1.68. The number of benzene rings is 1. The number of nitrogens with zero attached hydrogens (tertiary/aromatic N) is 2. The van der Waals surface area contributed by atoms with Crippen molar-refractivity contribution in [2.24, 2.45) is 5.73 Å². The molecule has 2 aromatic heterocycles. The fraction of sp³-hybridized carbons (Fsp3) is 0.250. The average molecular weight is 415 g/mol. The van der Waals surface area contributed by atoms with Crippen LogP contribution in [0, 0.1) is 0 Å². The summed E-state index contributed by atoms with van der Waals surface area (Å²) in [6.45, 7) is 1.86. The number of pyridine rings is 1. The number of amides is 1. The molecule has 8 heteroatoms. The lowest BCUT2D eigenvalue weighted by Crippen LogP contribution is -2.34. The summed E-state index contributed by atoms with van der Waals surface area (Å²) >= 11 is 7.69. The van der Waals surface area contributed by atoms with Gasteiger partial charge in [0.1, 0.15) is 22.6 Å². The highest BCUT2D eigenvalue weighted by Gasteiger charge is 2.20. The van der Waals surface area contributed by atoms with Gasteiger partial charge < -0.3 is 15.8 Å². The Morgan fingerprint density at radius 3 is 2.79 bits per heavy atom. The number of rotatable bonds is 5. The molecule has 1 aliphatic heterocycles. The predicted molar refractivity (Wildman–Crippen MR) is 111 cm³/mol. The van der Waals surface area contributed by atoms with Crippen molar-refractivity contribution < 1.29 is 9.53 Å². The third-order valence-corrected chi connectivity index (χ3v) is 5.77. The lowest BCUT2D eigenvalue weighted by molar-refractivity contribution is 0.0996. The molecule has 6 nitrogen and oxygen atoms in total. The van der Waals surface area contributed by atoms with Gasteiger partial charge in [0, 0.05) is 21.5 Å². The molecule has 0 saturated carbocycles. The number of carbonyl (C=O) groups excluding carboxylic acids is 1. The summed E-state index contributed by atoms with van der Waals surface area (Å²) in [4.78, 5) is 20.8. The molecule has 0 unspecified atom stereocenters. The van der Waals surface area contributed by atoms with Crippen molar-refractivity contribution in [1.82, 2.24) is 15.3 Å². The van der Waals surface area contributed by atoms with Gasteiger partial charge in [0.15, 0.2) is 0 Å². The number of halogens is 1. The molecule has 1 aliphatic rings. The highest BCUT2D eigenvalue weighted by Crippen LogP contribution is 2.34. The van der Waals surface area contributed by atoms with Crippen LogP contribution in [-0.2, 0) is 0 Å². The Labute approximate surface area is 171 Å². The molecule has 0 bridgehead atoms. The average Bonchev–Trinajstić information content (AvgIpc) is 3.19. The van der Waals surface area contributed by atoms with E-state index >= 15 is 0 Å². The number of carbonyl (C=O) groups is 1. The van der Waals surface area contributed by atoms with Crippen molar-refractivity contribution in [3.63, 3.8) is 0 Å². The van der Waals surface area contributed by atoms with E-state index in [1.807, 2.05) is 29.6 Å². The van der Waals surface area contributed by atoms with Crippen molar-refractivity contribution in [3.05, 3.63) is 52.6 Å². The van der Waals surface area contributed by atoms with Crippen LogP contribution in [0.3, 0.4) is 0 Å². The first-order valence-corrected chi connectivity index (χ1v) is 10.3.